The van der Waals surface area contributed by atoms with Gasteiger partial charge in [0, 0.05) is 31.0 Å². The molecule has 0 aromatic carbocycles. The fourth-order valence-corrected chi connectivity index (χ4v) is 2.72. The lowest BCUT2D eigenvalue weighted by Gasteiger charge is -2.47. The predicted molar refractivity (Wildman–Crippen MR) is 70.9 cm³/mol. The van der Waals surface area contributed by atoms with Gasteiger partial charge in [0.05, 0.1) is 5.54 Å². The third kappa shape index (κ3) is 2.70. The van der Waals surface area contributed by atoms with Gasteiger partial charge in [-0.15, -0.1) is 0 Å². The van der Waals surface area contributed by atoms with E-state index in [1.807, 2.05) is 30.9 Å². The summed E-state index contributed by atoms with van der Waals surface area (Å²) in [6.45, 7) is 9.50. The van der Waals surface area contributed by atoms with Crippen molar-refractivity contribution in [3.63, 3.8) is 0 Å². The first-order valence-electron chi connectivity index (χ1n) is 6.28. The van der Waals surface area contributed by atoms with Gasteiger partial charge in [-0.3, -0.25) is 15.1 Å². The van der Waals surface area contributed by atoms with Gasteiger partial charge in [-0.05, 0) is 45.4 Å². The number of carbonyl (C=O) groups is 1. The third-order valence-electron chi connectivity index (χ3n) is 3.18. The molecule has 2 heterocycles. The van der Waals surface area contributed by atoms with Gasteiger partial charge in [0.15, 0.2) is 0 Å². The zero-order valence-electron chi connectivity index (χ0n) is 11.5. The van der Waals surface area contributed by atoms with Crippen molar-refractivity contribution in [2.24, 2.45) is 0 Å². The van der Waals surface area contributed by atoms with Crippen molar-refractivity contribution in [1.82, 2.24) is 15.2 Å². The number of amides is 1. The minimum absolute atomic E-state index is 0.0650. The van der Waals surface area contributed by atoms with Gasteiger partial charge in [-0.2, -0.15) is 0 Å². The normalized spacial score (nSPS) is 22.0. The van der Waals surface area contributed by atoms with Gasteiger partial charge >= 0.3 is 0 Å². The van der Waals surface area contributed by atoms with Crippen molar-refractivity contribution in [2.75, 3.05) is 6.54 Å². The van der Waals surface area contributed by atoms with Crippen molar-refractivity contribution in [3.05, 3.63) is 30.1 Å². The summed E-state index contributed by atoms with van der Waals surface area (Å²) >= 11 is 0. The smallest absolute Gasteiger partial charge is 0.242 e. The zero-order chi connectivity index (χ0) is 13.4. The highest BCUT2D eigenvalue weighted by molar-refractivity contribution is 5.86. The summed E-state index contributed by atoms with van der Waals surface area (Å²) < 4.78 is 0. The summed E-state index contributed by atoms with van der Waals surface area (Å²) in [6.07, 6.45) is 3.52. The second-order valence-corrected chi connectivity index (χ2v) is 6.15. The third-order valence-corrected chi connectivity index (χ3v) is 3.18. The second kappa shape index (κ2) is 4.35. The number of carbonyl (C=O) groups excluding carboxylic acids is 1. The van der Waals surface area contributed by atoms with E-state index in [1.165, 1.54) is 0 Å². The molecule has 0 saturated carbocycles. The lowest BCUT2D eigenvalue weighted by atomic mass is 9.90. The Labute approximate surface area is 108 Å². The number of hydrogen-bond acceptors (Lipinski definition) is 3. The van der Waals surface area contributed by atoms with Gasteiger partial charge in [0.25, 0.3) is 0 Å². The first-order chi connectivity index (χ1) is 8.30. The van der Waals surface area contributed by atoms with E-state index in [4.69, 9.17) is 0 Å². The van der Waals surface area contributed by atoms with E-state index in [2.05, 4.69) is 24.1 Å². The van der Waals surface area contributed by atoms with E-state index in [1.54, 1.807) is 12.4 Å². The van der Waals surface area contributed by atoms with E-state index in [0.29, 0.717) is 6.54 Å². The standard InChI is InChI=1S/C14H21N3O/c1-13(2)10-17(12(18)14(3,4)16-13)9-11-5-7-15-8-6-11/h5-8,16H,9-10H2,1-4H3. The van der Waals surface area contributed by atoms with Crippen LogP contribution in [-0.2, 0) is 11.3 Å². The van der Waals surface area contributed by atoms with Crippen molar-refractivity contribution in [3.8, 4) is 0 Å². The van der Waals surface area contributed by atoms with Gasteiger partial charge in [0.2, 0.25) is 5.91 Å². The SMILES string of the molecule is CC1(C)CN(Cc2ccncc2)C(=O)C(C)(C)N1. The van der Waals surface area contributed by atoms with Crippen LogP contribution in [0.3, 0.4) is 0 Å². The molecule has 0 bridgehead atoms. The van der Waals surface area contributed by atoms with Crippen LogP contribution in [0, 0.1) is 0 Å². The van der Waals surface area contributed by atoms with Crippen molar-refractivity contribution in [2.45, 2.75) is 45.3 Å². The molecule has 1 aromatic rings. The van der Waals surface area contributed by atoms with E-state index < -0.39 is 5.54 Å². The molecule has 1 saturated heterocycles. The molecule has 1 aliphatic heterocycles. The topological polar surface area (TPSA) is 45.2 Å². The molecule has 2 rings (SSSR count). The summed E-state index contributed by atoms with van der Waals surface area (Å²) in [5.41, 5.74) is 0.547. The zero-order valence-corrected chi connectivity index (χ0v) is 11.5. The van der Waals surface area contributed by atoms with E-state index in [-0.39, 0.29) is 11.4 Å². The predicted octanol–water partition coefficient (Wildman–Crippen LogP) is 1.57. The number of rotatable bonds is 2. The van der Waals surface area contributed by atoms with Gasteiger partial charge in [0.1, 0.15) is 0 Å². The van der Waals surface area contributed by atoms with Crippen molar-refractivity contribution >= 4 is 5.91 Å². The van der Waals surface area contributed by atoms with E-state index in [0.717, 1.165) is 12.1 Å². The van der Waals surface area contributed by atoms with Gasteiger partial charge in [-0.25, -0.2) is 0 Å². The van der Waals surface area contributed by atoms with Crippen LogP contribution in [-0.4, -0.2) is 33.4 Å². The largest absolute Gasteiger partial charge is 0.335 e. The maximum atomic E-state index is 12.4. The Morgan fingerprint density at radius 2 is 1.89 bits per heavy atom. The minimum Gasteiger partial charge on any atom is -0.335 e. The van der Waals surface area contributed by atoms with Crippen LogP contribution in [0.2, 0.25) is 0 Å². The maximum Gasteiger partial charge on any atom is 0.242 e. The molecule has 0 spiro atoms. The lowest BCUT2D eigenvalue weighted by molar-refractivity contribution is -0.144. The maximum absolute atomic E-state index is 12.4. The Hall–Kier alpha value is -1.42. The molecule has 0 aliphatic carbocycles. The lowest BCUT2D eigenvalue weighted by Crippen LogP contribution is -2.69. The Morgan fingerprint density at radius 3 is 2.50 bits per heavy atom. The first kappa shape index (κ1) is 13.0. The van der Waals surface area contributed by atoms with Crippen molar-refractivity contribution < 1.29 is 4.79 Å². The number of piperazine rings is 1. The number of hydrogen-bond donors (Lipinski definition) is 1. The van der Waals surface area contributed by atoms with Crippen LogP contribution in [0.15, 0.2) is 24.5 Å². The number of nitrogens with one attached hydrogen (secondary N) is 1. The highest BCUT2D eigenvalue weighted by atomic mass is 16.2. The van der Waals surface area contributed by atoms with E-state index >= 15 is 0 Å². The average molecular weight is 247 g/mol. The Morgan fingerprint density at radius 1 is 1.28 bits per heavy atom. The molecule has 0 atom stereocenters. The first-order valence-corrected chi connectivity index (χ1v) is 6.28. The molecule has 0 unspecified atom stereocenters. The molecule has 1 N–H and O–H groups in total. The molecule has 4 heteroatoms. The summed E-state index contributed by atoms with van der Waals surface area (Å²) in [4.78, 5) is 18.3. The molecule has 1 fully saturated rings. The van der Waals surface area contributed by atoms with Crippen LogP contribution >= 0.6 is 0 Å². The van der Waals surface area contributed by atoms with Gasteiger partial charge < -0.3 is 4.90 Å². The van der Waals surface area contributed by atoms with Gasteiger partial charge in [-0.1, -0.05) is 0 Å². The fourth-order valence-electron chi connectivity index (χ4n) is 2.72. The molecular weight excluding hydrogens is 226 g/mol. The summed E-state index contributed by atoms with van der Waals surface area (Å²) in [7, 11) is 0. The van der Waals surface area contributed by atoms with Crippen molar-refractivity contribution in [1.29, 1.82) is 0 Å². The van der Waals surface area contributed by atoms with Crippen LogP contribution in [0.4, 0.5) is 0 Å². The quantitative estimate of drug-likeness (QED) is 0.863. The summed E-state index contributed by atoms with van der Waals surface area (Å²) in [5.74, 6) is 0.152. The number of nitrogens with zero attached hydrogens (tertiary/aromatic N) is 2. The average Bonchev–Trinajstić information content (AvgIpc) is 2.25. The van der Waals surface area contributed by atoms with Crippen LogP contribution in [0.5, 0.6) is 0 Å². The second-order valence-electron chi connectivity index (χ2n) is 6.15. The minimum atomic E-state index is -0.505. The number of aromatic nitrogens is 1. The highest BCUT2D eigenvalue weighted by Crippen LogP contribution is 2.23. The molecule has 98 valence electrons. The molecule has 18 heavy (non-hydrogen) atoms. The number of pyridine rings is 1. The molecule has 4 nitrogen and oxygen atoms in total. The molecule has 1 amide bonds. The monoisotopic (exact) mass is 247 g/mol. The van der Waals surface area contributed by atoms with Crippen LogP contribution < -0.4 is 5.32 Å². The van der Waals surface area contributed by atoms with E-state index in [9.17, 15) is 4.79 Å². The Bertz CT molecular complexity index is 440. The summed E-state index contributed by atoms with van der Waals surface area (Å²) in [5, 5.41) is 3.39. The molecule has 0 radical (unpaired) electrons. The fraction of sp³-hybridized carbons (Fsp3) is 0.571. The highest BCUT2D eigenvalue weighted by Gasteiger charge is 2.43. The van der Waals surface area contributed by atoms with Crippen LogP contribution in [0.25, 0.3) is 0 Å². The summed E-state index contributed by atoms with van der Waals surface area (Å²) in [6, 6.07) is 3.91. The molecule has 1 aliphatic rings. The molecule has 1 aromatic heterocycles. The van der Waals surface area contributed by atoms with Crippen LogP contribution in [0.1, 0.15) is 33.3 Å². The molecular formula is C14H21N3O. The Balaban J connectivity index is 2.19. The Kier molecular flexibility index (Phi) is 3.15.